The van der Waals surface area contributed by atoms with Gasteiger partial charge in [0.2, 0.25) is 0 Å². The molecule has 4 rings (SSSR count). The molecule has 1 N–H and O–H groups in total. The molecule has 0 heterocycles. The second-order valence-corrected chi connectivity index (χ2v) is 6.79. The van der Waals surface area contributed by atoms with E-state index in [2.05, 4.69) is 10.5 Å². The number of non-ortho nitro benzene ring substituents is 1. The number of halogens is 1. The molecule has 0 aromatic heterocycles. The van der Waals surface area contributed by atoms with Gasteiger partial charge in [0.15, 0.2) is 0 Å². The van der Waals surface area contributed by atoms with Crippen molar-refractivity contribution >= 4 is 33.5 Å². The van der Waals surface area contributed by atoms with Crippen LogP contribution in [-0.4, -0.2) is 15.6 Å². The fourth-order valence-electron chi connectivity index (χ4n) is 3.35. The third-order valence-electron chi connectivity index (χ3n) is 4.85. The number of hydrogen-bond donors (Lipinski definition) is 1. The molecule has 32 heavy (non-hydrogen) atoms. The Morgan fingerprint density at radius 3 is 2.25 bits per heavy atom. The quantitative estimate of drug-likeness (QED) is 0.241. The third-order valence-corrected chi connectivity index (χ3v) is 4.85. The number of nitro groups is 2. The van der Waals surface area contributed by atoms with Gasteiger partial charge in [0, 0.05) is 17.2 Å². The zero-order valence-electron chi connectivity index (χ0n) is 16.4. The van der Waals surface area contributed by atoms with E-state index in [1.807, 2.05) is 36.4 Å². The SMILES string of the molecule is O=[N+]([O-])c1ccc(N/N=C(\c2ccccc2F)c2cccc3ccccc23)c([N+](=O)[O-])c1. The van der Waals surface area contributed by atoms with E-state index in [0.29, 0.717) is 5.56 Å². The Kier molecular flexibility index (Phi) is 5.54. The summed E-state index contributed by atoms with van der Waals surface area (Å²) in [5.74, 6) is -0.515. The van der Waals surface area contributed by atoms with Crippen molar-refractivity contribution in [2.24, 2.45) is 5.10 Å². The minimum Gasteiger partial charge on any atom is -0.271 e. The number of hydrogen-bond acceptors (Lipinski definition) is 6. The summed E-state index contributed by atoms with van der Waals surface area (Å²) < 4.78 is 14.7. The van der Waals surface area contributed by atoms with Crippen molar-refractivity contribution in [1.82, 2.24) is 0 Å². The number of fused-ring (bicyclic) bond motifs is 1. The van der Waals surface area contributed by atoms with Gasteiger partial charge in [0.25, 0.3) is 5.69 Å². The maximum atomic E-state index is 14.7. The molecule has 0 spiro atoms. The van der Waals surface area contributed by atoms with E-state index in [1.165, 1.54) is 12.1 Å². The molecule has 0 unspecified atom stereocenters. The Balaban J connectivity index is 1.88. The van der Waals surface area contributed by atoms with Crippen molar-refractivity contribution < 1.29 is 14.2 Å². The summed E-state index contributed by atoms with van der Waals surface area (Å²) in [6, 6.07) is 22.2. The smallest absolute Gasteiger partial charge is 0.271 e. The summed E-state index contributed by atoms with van der Waals surface area (Å²) in [5, 5.41) is 28.5. The number of nitrogens with zero attached hydrogens (tertiary/aromatic N) is 3. The lowest BCUT2D eigenvalue weighted by atomic mass is 9.96. The van der Waals surface area contributed by atoms with Gasteiger partial charge in [-0.05, 0) is 29.0 Å². The lowest BCUT2D eigenvalue weighted by molar-refractivity contribution is -0.393. The summed E-state index contributed by atoms with van der Waals surface area (Å²) in [4.78, 5) is 21.0. The normalized spacial score (nSPS) is 11.3. The van der Waals surface area contributed by atoms with Crippen molar-refractivity contribution in [3.05, 3.63) is 122 Å². The molecule has 4 aromatic rings. The fourth-order valence-corrected chi connectivity index (χ4v) is 3.35. The summed E-state index contributed by atoms with van der Waals surface area (Å²) >= 11 is 0. The van der Waals surface area contributed by atoms with Gasteiger partial charge >= 0.3 is 5.69 Å². The van der Waals surface area contributed by atoms with Gasteiger partial charge < -0.3 is 0 Å². The predicted molar refractivity (Wildman–Crippen MR) is 119 cm³/mol. The highest BCUT2D eigenvalue weighted by molar-refractivity contribution is 6.19. The number of benzene rings is 4. The predicted octanol–water partition coefficient (Wildman–Crippen LogP) is 5.66. The second kappa shape index (κ2) is 8.60. The van der Waals surface area contributed by atoms with E-state index in [1.54, 1.807) is 24.3 Å². The monoisotopic (exact) mass is 430 g/mol. The van der Waals surface area contributed by atoms with Gasteiger partial charge in [0.05, 0.1) is 15.9 Å². The summed E-state index contributed by atoms with van der Waals surface area (Å²) in [6.07, 6.45) is 0. The number of nitro benzene ring substituents is 2. The molecule has 158 valence electrons. The van der Waals surface area contributed by atoms with Gasteiger partial charge in [-0.3, -0.25) is 25.7 Å². The van der Waals surface area contributed by atoms with E-state index in [0.717, 1.165) is 22.9 Å². The number of anilines is 1. The maximum absolute atomic E-state index is 14.7. The lowest BCUT2D eigenvalue weighted by Crippen LogP contribution is -2.10. The van der Waals surface area contributed by atoms with Gasteiger partial charge in [0.1, 0.15) is 17.2 Å². The minimum atomic E-state index is -0.745. The fraction of sp³-hybridized carbons (Fsp3) is 0. The van der Waals surface area contributed by atoms with E-state index in [4.69, 9.17) is 0 Å². The lowest BCUT2D eigenvalue weighted by Gasteiger charge is -2.12. The van der Waals surface area contributed by atoms with Crippen LogP contribution in [0.1, 0.15) is 11.1 Å². The largest absolute Gasteiger partial charge is 0.301 e. The van der Waals surface area contributed by atoms with E-state index >= 15 is 0 Å². The van der Waals surface area contributed by atoms with Crippen molar-refractivity contribution in [2.75, 3.05) is 5.43 Å². The number of rotatable bonds is 6. The van der Waals surface area contributed by atoms with Gasteiger partial charge in [-0.1, -0.05) is 54.6 Å². The molecule has 0 amide bonds. The van der Waals surface area contributed by atoms with Crippen LogP contribution in [0.25, 0.3) is 10.8 Å². The van der Waals surface area contributed by atoms with Crippen LogP contribution in [0.15, 0.2) is 90.0 Å². The van der Waals surface area contributed by atoms with Crippen molar-refractivity contribution in [3.8, 4) is 0 Å². The molecule has 0 atom stereocenters. The van der Waals surface area contributed by atoms with E-state index in [9.17, 15) is 24.6 Å². The van der Waals surface area contributed by atoms with E-state index in [-0.39, 0.29) is 17.0 Å². The minimum absolute atomic E-state index is 0.0605. The van der Waals surface area contributed by atoms with Gasteiger partial charge in [-0.15, -0.1) is 0 Å². The Hall–Kier alpha value is -4.66. The Labute approximate surface area is 180 Å². The highest BCUT2D eigenvalue weighted by Gasteiger charge is 2.20. The van der Waals surface area contributed by atoms with Crippen molar-refractivity contribution in [2.45, 2.75) is 0 Å². The van der Waals surface area contributed by atoms with Crippen LogP contribution < -0.4 is 5.43 Å². The zero-order chi connectivity index (χ0) is 22.7. The molecule has 0 saturated heterocycles. The average molecular weight is 430 g/mol. The number of nitrogens with one attached hydrogen (secondary N) is 1. The first-order valence-electron chi connectivity index (χ1n) is 9.45. The van der Waals surface area contributed by atoms with Gasteiger partial charge in [-0.25, -0.2) is 4.39 Å². The maximum Gasteiger partial charge on any atom is 0.301 e. The zero-order valence-corrected chi connectivity index (χ0v) is 16.4. The standard InChI is InChI=1S/C23H15FN4O4/c24-20-11-4-3-9-19(20)23(18-10-5-7-15-6-1-2-8-17(15)18)26-25-21-13-12-16(27(29)30)14-22(21)28(31)32/h1-14,25H/b26-23-. The molecular formula is C23H15FN4O4. The molecule has 0 bridgehead atoms. The first-order chi connectivity index (χ1) is 15.5. The van der Waals surface area contributed by atoms with E-state index < -0.39 is 27.0 Å². The van der Waals surface area contributed by atoms with Crippen LogP contribution >= 0.6 is 0 Å². The third kappa shape index (κ3) is 3.99. The first-order valence-corrected chi connectivity index (χ1v) is 9.45. The highest BCUT2D eigenvalue weighted by atomic mass is 19.1. The van der Waals surface area contributed by atoms with Crippen molar-refractivity contribution in [1.29, 1.82) is 0 Å². The van der Waals surface area contributed by atoms with Crippen LogP contribution in [0.2, 0.25) is 0 Å². The van der Waals surface area contributed by atoms with Crippen LogP contribution in [0, 0.1) is 26.0 Å². The molecular weight excluding hydrogens is 415 g/mol. The van der Waals surface area contributed by atoms with Crippen LogP contribution in [0.4, 0.5) is 21.5 Å². The molecule has 0 radical (unpaired) electrons. The molecule has 0 fully saturated rings. The summed E-state index contributed by atoms with van der Waals surface area (Å²) in [6.45, 7) is 0. The van der Waals surface area contributed by atoms with Gasteiger partial charge in [-0.2, -0.15) is 5.10 Å². The molecule has 0 aliphatic rings. The Bertz CT molecular complexity index is 1380. The average Bonchev–Trinajstić information content (AvgIpc) is 2.80. The number of hydrazone groups is 1. The van der Waals surface area contributed by atoms with Crippen molar-refractivity contribution in [3.63, 3.8) is 0 Å². The Morgan fingerprint density at radius 1 is 0.812 bits per heavy atom. The second-order valence-electron chi connectivity index (χ2n) is 6.79. The van der Waals surface area contributed by atoms with Crippen LogP contribution in [-0.2, 0) is 0 Å². The van der Waals surface area contributed by atoms with Crippen LogP contribution in [0.3, 0.4) is 0 Å². The molecule has 0 aliphatic carbocycles. The molecule has 0 aliphatic heterocycles. The van der Waals surface area contributed by atoms with Crippen LogP contribution in [0.5, 0.6) is 0 Å². The first kappa shape index (κ1) is 20.6. The highest BCUT2D eigenvalue weighted by Crippen LogP contribution is 2.30. The molecule has 0 saturated carbocycles. The summed E-state index contributed by atoms with van der Waals surface area (Å²) in [7, 11) is 0. The summed E-state index contributed by atoms with van der Waals surface area (Å²) in [5.41, 5.74) is 2.65. The molecule has 8 nitrogen and oxygen atoms in total. The molecule has 4 aromatic carbocycles. The molecule has 9 heteroatoms. The Morgan fingerprint density at radius 2 is 1.50 bits per heavy atom. The topological polar surface area (TPSA) is 111 Å².